The van der Waals surface area contributed by atoms with E-state index in [1.54, 1.807) is 32.0 Å². The van der Waals surface area contributed by atoms with Gasteiger partial charge in [0.1, 0.15) is 28.2 Å². The molecule has 184 valence electrons. The average Bonchev–Trinajstić information content (AvgIpc) is 3.46. The number of anilines is 1. The molecule has 0 atom stereocenters. The van der Waals surface area contributed by atoms with Gasteiger partial charge >= 0.3 is 5.97 Å². The maximum atomic E-state index is 13.0. The average molecular weight is 506 g/mol. The monoisotopic (exact) mass is 505 g/mol. The molecule has 0 saturated heterocycles. The van der Waals surface area contributed by atoms with Crippen molar-refractivity contribution >= 4 is 40.0 Å². The molecule has 4 rings (SSSR count). The fraction of sp³-hybridized carbons (Fsp3) is 0.269. The van der Waals surface area contributed by atoms with Gasteiger partial charge in [-0.05, 0) is 68.9 Å². The summed E-state index contributed by atoms with van der Waals surface area (Å²) in [5.41, 5.74) is 2.38. The predicted molar refractivity (Wildman–Crippen MR) is 135 cm³/mol. The van der Waals surface area contributed by atoms with Crippen molar-refractivity contribution in [3.63, 3.8) is 0 Å². The number of carbonyl (C=O) groups is 2. The highest BCUT2D eigenvalue weighted by molar-refractivity contribution is 7.17. The summed E-state index contributed by atoms with van der Waals surface area (Å²) in [4.78, 5) is 37.2. The number of furan rings is 1. The van der Waals surface area contributed by atoms with E-state index in [1.807, 2.05) is 6.07 Å². The summed E-state index contributed by atoms with van der Waals surface area (Å²) in [6.45, 7) is 3.67. The molecule has 1 N–H and O–H groups in total. The van der Waals surface area contributed by atoms with Crippen LogP contribution >= 0.6 is 11.3 Å². The highest BCUT2D eigenvalue weighted by Gasteiger charge is 2.28. The van der Waals surface area contributed by atoms with Gasteiger partial charge < -0.3 is 14.5 Å². The van der Waals surface area contributed by atoms with Crippen molar-refractivity contribution in [2.24, 2.45) is 0 Å². The number of hydrogen-bond donors (Lipinski definition) is 1. The normalized spacial score (nSPS) is 13.0. The zero-order valence-corrected chi connectivity index (χ0v) is 20.6. The smallest absolute Gasteiger partial charge is 0.341 e. The molecule has 0 unspecified atom stereocenters. The Morgan fingerprint density at radius 3 is 2.75 bits per heavy atom. The van der Waals surface area contributed by atoms with Crippen molar-refractivity contribution < 1.29 is 23.7 Å². The van der Waals surface area contributed by atoms with Crippen LogP contribution in [0.4, 0.5) is 10.7 Å². The van der Waals surface area contributed by atoms with Gasteiger partial charge in [-0.25, -0.2) is 4.79 Å². The minimum atomic E-state index is -0.661. The first-order valence-electron chi connectivity index (χ1n) is 11.4. The fourth-order valence-electron chi connectivity index (χ4n) is 4.15. The molecule has 2 heterocycles. The third kappa shape index (κ3) is 5.06. The number of fused-ring (bicyclic) bond motifs is 1. The van der Waals surface area contributed by atoms with Crippen LogP contribution in [0.2, 0.25) is 0 Å². The molecule has 0 aliphatic heterocycles. The van der Waals surface area contributed by atoms with Crippen molar-refractivity contribution in [3.05, 3.63) is 73.3 Å². The van der Waals surface area contributed by atoms with Crippen molar-refractivity contribution in [1.82, 2.24) is 0 Å². The summed E-state index contributed by atoms with van der Waals surface area (Å²) in [5.74, 6) is -0.428. The standard InChI is InChI=1S/C26H23N3O6S/c1-3-34-26(31)23-20-6-4-5-7-22(20)36-25(23)28-24(30)16(14-27)13-18-9-11-21(35-18)19-10-8-17(29(32)33)12-15(19)2/h8-13H,3-7H2,1-2H3,(H,28,30). The van der Waals surface area contributed by atoms with E-state index in [4.69, 9.17) is 9.15 Å². The zero-order valence-electron chi connectivity index (χ0n) is 19.8. The second kappa shape index (κ2) is 10.6. The second-order valence-corrected chi connectivity index (χ2v) is 9.32. The lowest BCUT2D eigenvalue weighted by molar-refractivity contribution is -0.384. The molecule has 1 amide bonds. The Balaban J connectivity index is 1.59. The number of carbonyl (C=O) groups excluding carboxylic acids is 2. The summed E-state index contributed by atoms with van der Waals surface area (Å²) in [6.07, 6.45) is 4.87. The molecule has 10 heteroatoms. The van der Waals surface area contributed by atoms with Crippen LogP contribution in [-0.4, -0.2) is 23.4 Å². The van der Waals surface area contributed by atoms with E-state index >= 15 is 0 Å². The number of nitro benzene ring substituents is 1. The van der Waals surface area contributed by atoms with E-state index in [0.29, 0.717) is 27.5 Å². The fourth-order valence-corrected chi connectivity index (χ4v) is 5.42. The van der Waals surface area contributed by atoms with Crippen LogP contribution in [0.1, 0.15) is 51.9 Å². The van der Waals surface area contributed by atoms with Gasteiger partial charge in [0, 0.05) is 28.6 Å². The van der Waals surface area contributed by atoms with E-state index < -0.39 is 16.8 Å². The highest BCUT2D eigenvalue weighted by Crippen LogP contribution is 2.39. The number of amides is 1. The van der Waals surface area contributed by atoms with Gasteiger partial charge in [-0.2, -0.15) is 5.26 Å². The van der Waals surface area contributed by atoms with Gasteiger partial charge in [0.15, 0.2) is 0 Å². The summed E-state index contributed by atoms with van der Waals surface area (Å²) in [5, 5.41) is 23.7. The second-order valence-electron chi connectivity index (χ2n) is 8.22. The molecule has 0 saturated carbocycles. The minimum absolute atomic E-state index is 0.0243. The van der Waals surface area contributed by atoms with Crippen LogP contribution in [0, 0.1) is 28.4 Å². The van der Waals surface area contributed by atoms with Gasteiger partial charge in [-0.3, -0.25) is 14.9 Å². The molecule has 0 spiro atoms. The molecule has 0 fully saturated rings. The Morgan fingerprint density at radius 2 is 2.06 bits per heavy atom. The van der Waals surface area contributed by atoms with Gasteiger partial charge in [-0.1, -0.05) is 0 Å². The number of nitrogens with zero attached hydrogens (tertiary/aromatic N) is 2. The molecule has 1 aliphatic carbocycles. The molecular formula is C26H23N3O6S. The van der Waals surface area contributed by atoms with Crippen molar-refractivity contribution in [2.75, 3.05) is 11.9 Å². The van der Waals surface area contributed by atoms with E-state index in [9.17, 15) is 25.0 Å². The van der Waals surface area contributed by atoms with E-state index in [-0.39, 0.29) is 23.6 Å². The van der Waals surface area contributed by atoms with Crippen LogP contribution in [0.25, 0.3) is 17.4 Å². The lowest BCUT2D eigenvalue weighted by Crippen LogP contribution is -2.16. The molecule has 0 bridgehead atoms. The van der Waals surface area contributed by atoms with Crippen LogP contribution in [0.3, 0.4) is 0 Å². The molecule has 9 nitrogen and oxygen atoms in total. The quantitative estimate of drug-likeness (QED) is 0.140. The number of thiophene rings is 1. The number of benzene rings is 1. The van der Waals surface area contributed by atoms with Crippen molar-refractivity contribution in [2.45, 2.75) is 39.5 Å². The van der Waals surface area contributed by atoms with Gasteiger partial charge in [0.05, 0.1) is 17.1 Å². The number of non-ortho nitro benzene ring substituents is 1. The number of hydrogen-bond acceptors (Lipinski definition) is 8. The summed E-state index contributed by atoms with van der Waals surface area (Å²) >= 11 is 1.34. The Morgan fingerprint density at radius 1 is 1.28 bits per heavy atom. The Bertz CT molecular complexity index is 1430. The number of esters is 1. The summed E-state index contributed by atoms with van der Waals surface area (Å²) in [6, 6.07) is 9.58. The third-order valence-electron chi connectivity index (χ3n) is 5.84. The first-order valence-corrected chi connectivity index (χ1v) is 12.2. The largest absolute Gasteiger partial charge is 0.462 e. The molecule has 1 aromatic carbocycles. The highest BCUT2D eigenvalue weighted by atomic mass is 32.1. The van der Waals surface area contributed by atoms with Crippen molar-refractivity contribution in [1.29, 1.82) is 5.26 Å². The Labute approximate surface area is 211 Å². The number of rotatable bonds is 7. The Hall–Kier alpha value is -4.23. The number of nitriles is 1. The molecule has 36 heavy (non-hydrogen) atoms. The Kier molecular flexibility index (Phi) is 7.31. The van der Waals surface area contributed by atoms with Crippen LogP contribution in [0.15, 0.2) is 40.3 Å². The molecular weight excluding hydrogens is 482 g/mol. The van der Waals surface area contributed by atoms with E-state index in [1.165, 1.54) is 29.5 Å². The SMILES string of the molecule is CCOC(=O)c1c(NC(=O)C(C#N)=Cc2ccc(-c3ccc([N+](=O)[O-])cc3C)o2)sc2c1CCCC2. The molecule has 0 radical (unpaired) electrons. The van der Waals surface area contributed by atoms with Gasteiger partial charge in [0.25, 0.3) is 11.6 Å². The molecule has 1 aliphatic rings. The lowest BCUT2D eigenvalue weighted by atomic mass is 9.95. The number of nitro groups is 1. The minimum Gasteiger partial charge on any atom is -0.462 e. The summed E-state index contributed by atoms with van der Waals surface area (Å²) in [7, 11) is 0. The number of ether oxygens (including phenoxy) is 1. The topological polar surface area (TPSA) is 135 Å². The van der Waals surface area contributed by atoms with Gasteiger partial charge in [0.2, 0.25) is 0 Å². The number of aryl methyl sites for hydroxylation is 2. The lowest BCUT2D eigenvalue weighted by Gasteiger charge is -2.12. The molecule has 2 aromatic heterocycles. The van der Waals surface area contributed by atoms with Gasteiger partial charge in [-0.15, -0.1) is 11.3 Å². The van der Waals surface area contributed by atoms with Crippen LogP contribution < -0.4 is 5.32 Å². The maximum absolute atomic E-state index is 13.0. The van der Waals surface area contributed by atoms with Crippen LogP contribution in [-0.2, 0) is 22.4 Å². The first-order chi connectivity index (χ1) is 17.3. The van der Waals surface area contributed by atoms with E-state index in [2.05, 4.69) is 5.32 Å². The maximum Gasteiger partial charge on any atom is 0.341 e. The first kappa shape index (κ1) is 24.9. The third-order valence-corrected chi connectivity index (χ3v) is 7.05. The summed E-state index contributed by atoms with van der Waals surface area (Å²) < 4.78 is 11.0. The zero-order chi connectivity index (χ0) is 25.8. The van der Waals surface area contributed by atoms with Crippen molar-refractivity contribution in [3.8, 4) is 17.4 Å². The van der Waals surface area contributed by atoms with E-state index in [0.717, 1.165) is 36.1 Å². The number of nitrogens with one attached hydrogen (secondary N) is 1. The predicted octanol–water partition coefficient (Wildman–Crippen LogP) is 5.83. The molecule has 3 aromatic rings. The van der Waals surface area contributed by atoms with Crippen LogP contribution in [0.5, 0.6) is 0 Å².